The molecule has 2 heterocycles. The molecule has 0 aromatic heterocycles. The molecule has 0 bridgehead atoms. The topological polar surface area (TPSA) is 18.5 Å². The molecule has 0 N–H and O–H groups in total. The lowest BCUT2D eigenvalue weighted by Crippen LogP contribution is -2.32. The maximum Gasteiger partial charge on any atom is 0.0820 e. The monoisotopic (exact) mass is 220 g/mol. The standard InChI is InChI=1S/C9H16O2S2/c1-2-11-8(6-10-1)5-9-7-12-3-4-13-9/h8-9H,1-7H2/t8-,9?/m1/s1. The minimum absolute atomic E-state index is 0.366. The minimum Gasteiger partial charge on any atom is -0.376 e. The second-order valence-corrected chi connectivity index (χ2v) is 5.93. The number of rotatable bonds is 2. The SMILES string of the molecule is C1CO[C@H](CC2CSCCS2)CO1. The highest BCUT2D eigenvalue weighted by molar-refractivity contribution is 8.06. The van der Waals surface area contributed by atoms with Crippen molar-refractivity contribution in [3.8, 4) is 0 Å². The van der Waals surface area contributed by atoms with Crippen molar-refractivity contribution in [2.75, 3.05) is 37.1 Å². The van der Waals surface area contributed by atoms with Crippen LogP contribution < -0.4 is 0 Å². The molecule has 2 rings (SSSR count). The van der Waals surface area contributed by atoms with E-state index < -0.39 is 0 Å². The lowest BCUT2D eigenvalue weighted by Gasteiger charge is -2.28. The van der Waals surface area contributed by atoms with Crippen LogP contribution in [-0.4, -0.2) is 48.4 Å². The molecule has 0 saturated carbocycles. The van der Waals surface area contributed by atoms with E-state index in [1.165, 1.54) is 23.7 Å². The van der Waals surface area contributed by atoms with Crippen molar-refractivity contribution in [3.63, 3.8) is 0 Å². The van der Waals surface area contributed by atoms with Crippen LogP contribution in [0.25, 0.3) is 0 Å². The molecule has 0 aliphatic carbocycles. The van der Waals surface area contributed by atoms with Crippen LogP contribution in [0.4, 0.5) is 0 Å². The Balaban J connectivity index is 1.69. The Morgan fingerprint density at radius 2 is 2.23 bits per heavy atom. The van der Waals surface area contributed by atoms with E-state index in [9.17, 15) is 0 Å². The summed E-state index contributed by atoms with van der Waals surface area (Å²) in [7, 11) is 0. The average Bonchev–Trinajstić information content (AvgIpc) is 2.21. The van der Waals surface area contributed by atoms with Crippen LogP contribution in [0.3, 0.4) is 0 Å². The zero-order valence-corrected chi connectivity index (χ0v) is 9.37. The third-order valence-electron chi connectivity index (χ3n) is 2.30. The summed E-state index contributed by atoms with van der Waals surface area (Å²) in [4.78, 5) is 0. The molecule has 2 fully saturated rings. The van der Waals surface area contributed by atoms with Crippen molar-refractivity contribution in [3.05, 3.63) is 0 Å². The molecule has 2 aliphatic rings. The van der Waals surface area contributed by atoms with E-state index >= 15 is 0 Å². The highest BCUT2D eigenvalue weighted by atomic mass is 32.2. The first kappa shape index (κ1) is 10.1. The third kappa shape index (κ3) is 3.35. The summed E-state index contributed by atoms with van der Waals surface area (Å²) in [6, 6.07) is 0. The molecular formula is C9H16O2S2. The molecule has 2 aliphatic heterocycles. The van der Waals surface area contributed by atoms with Gasteiger partial charge in [0.25, 0.3) is 0 Å². The average molecular weight is 220 g/mol. The minimum atomic E-state index is 0.366. The van der Waals surface area contributed by atoms with Gasteiger partial charge in [0, 0.05) is 22.5 Å². The maximum atomic E-state index is 5.63. The third-order valence-corrected chi connectivity index (χ3v) is 5.17. The van der Waals surface area contributed by atoms with Gasteiger partial charge >= 0.3 is 0 Å². The van der Waals surface area contributed by atoms with Crippen LogP contribution in [0.2, 0.25) is 0 Å². The Hall–Kier alpha value is 0.620. The molecule has 1 unspecified atom stereocenters. The maximum absolute atomic E-state index is 5.63. The van der Waals surface area contributed by atoms with Crippen molar-refractivity contribution in [1.82, 2.24) is 0 Å². The molecular weight excluding hydrogens is 204 g/mol. The molecule has 2 atom stereocenters. The normalized spacial score (nSPS) is 36.0. The Morgan fingerprint density at radius 1 is 1.23 bits per heavy atom. The predicted molar refractivity (Wildman–Crippen MR) is 58.7 cm³/mol. The molecule has 0 aromatic rings. The zero-order chi connectivity index (χ0) is 8.93. The summed E-state index contributed by atoms with van der Waals surface area (Å²) in [5.41, 5.74) is 0. The van der Waals surface area contributed by atoms with Gasteiger partial charge in [-0.05, 0) is 6.42 Å². The van der Waals surface area contributed by atoms with Crippen molar-refractivity contribution >= 4 is 23.5 Å². The molecule has 0 amide bonds. The Labute approximate surface area is 88.1 Å². The fourth-order valence-electron chi connectivity index (χ4n) is 1.64. The number of ether oxygens (including phenoxy) is 2. The fourth-order valence-corrected chi connectivity index (χ4v) is 4.42. The van der Waals surface area contributed by atoms with Gasteiger partial charge in [-0.3, -0.25) is 0 Å². The van der Waals surface area contributed by atoms with E-state index in [-0.39, 0.29) is 0 Å². The summed E-state index contributed by atoms with van der Waals surface area (Å²) in [5, 5.41) is 0.797. The summed E-state index contributed by atoms with van der Waals surface area (Å²) >= 11 is 4.17. The summed E-state index contributed by atoms with van der Waals surface area (Å²) in [6.45, 7) is 2.37. The van der Waals surface area contributed by atoms with E-state index in [0.29, 0.717) is 6.10 Å². The van der Waals surface area contributed by atoms with E-state index in [2.05, 4.69) is 23.5 Å². The second-order valence-electron chi connectivity index (χ2n) is 3.37. The molecule has 0 aromatic carbocycles. The molecule has 2 saturated heterocycles. The van der Waals surface area contributed by atoms with Crippen LogP contribution in [0.5, 0.6) is 0 Å². The van der Waals surface area contributed by atoms with E-state index in [1.54, 1.807) is 0 Å². The van der Waals surface area contributed by atoms with Gasteiger partial charge in [0.05, 0.1) is 25.9 Å². The van der Waals surface area contributed by atoms with Gasteiger partial charge < -0.3 is 9.47 Å². The van der Waals surface area contributed by atoms with Gasteiger partial charge in [-0.15, -0.1) is 0 Å². The summed E-state index contributed by atoms with van der Waals surface area (Å²) < 4.78 is 11.0. The highest BCUT2D eigenvalue weighted by Gasteiger charge is 2.22. The van der Waals surface area contributed by atoms with Crippen molar-refractivity contribution in [1.29, 1.82) is 0 Å². The first-order valence-electron chi connectivity index (χ1n) is 4.84. The lowest BCUT2D eigenvalue weighted by molar-refractivity contribution is -0.0900. The molecule has 76 valence electrons. The van der Waals surface area contributed by atoms with Crippen molar-refractivity contribution in [2.45, 2.75) is 17.8 Å². The number of hydrogen-bond donors (Lipinski definition) is 0. The molecule has 2 nitrogen and oxygen atoms in total. The number of hydrogen-bond acceptors (Lipinski definition) is 4. The molecule has 0 spiro atoms. The second kappa shape index (κ2) is 5.49. The van der Waals surface area contributed by atoms with Gasteiger partial charge in [-0.25, -0.2) is 0 Å². The van der Waals surface area contributed by atoms with Crippen LogP contribution in [0.15, 0.2) is 0 Å². The fraction of sp³-hybridized carbons (Fsp3) is 1.00. The molecule has 13 heavy (non-hydrogen) atoms. The van der Waals surface area contributed by atoms with Gasteiger partial charge in [-0.1, -0.05) is 0 Å². The van der Waals surface area contributed by atoms with Crippen LogP contribution >= 0.6 is 23.5 Å². The summed E-state index contributed by atoms with van der Waals surface area (Å²) in [5.74, 6) is 3.93. The summed E-state index contributed by atoms with van der Waals surface area (Å²) in [6.07, 6.45) is 1.54. The van der Waals surface area contributed by atoms with Crippen LogP contribution in [0.1, 0.15) is 6.42 Å². The van der Waals surface area contributed by atoms with Gasteiger partial charge in [0.15, 0.2) is 0 Å². The molecule has 4 heteroatoms. The Morgan fingerprint density at radius 3 is 2.92 bits per heavy atom. The first-order valence-corrected chi connectivity index (χ1v) is 7.04. The quantitative estimate of drug-likeness (QED) is 0.704. The van der Waals surface area contributed by atoms with Crippen LogP contribution in [-0.2, 0) is 9.47 Å². The predicted octanol–water partition coefficient (Wildman–Crippen LogP) is 1.64. The molecule has 0 radical (unpaired) electrons. The number of thioether (sulfide) groups is 2. The Kier molecular flexibility index (Phi) is 4.28. The van der Waals surface area contributed by atoms with E-state index in [4.69, 9.17) is 9.47 Å². The van der Waals surface area contributed by atoms with E-state index in [1.807, 2.05) is 0 Å². The van der Waals surface area contributed by atoms with Gasteiger partial charge in [0.2, 0.25) is 0 Å². The van der Waals surface area contributed by atoms with Crippen molar-refractivity contribution in [2.24, 2.45) is 0 Å². The largest absolute Gasteiger partial charge is 0.376 e. The van der Waals surface area contributed by atoms with Gasteiger partial charge in [-0.2, -0.15) is 23.5 Å². The van der Waals surface area contributed by atoms with Crippen LogP contribution in [0, 0.1) is 0 Å². The smallest absolute Gasteiger partial charge is 0.0820 e. The Bertz CT molecular complexity index is 127. The zero-order valence-electron chi connectivity index (χ0n) is 7.74. The van der Waals surface area contributed by atoms with Crippen molar-refractivity contribution < 1.29 is 9.47 Å². The van der Waals surface area contributed by atoms with Gasteiger partial charge in [0.1, 0.15) is 0 Å². The highest BCUT2D eigenvalue weighted by Crippen LogP contribution is 2.28. The van der Waals surface area contributed by atoms with E-state index in [0.717, 1.165) is 25.1 Å². The lowest BCUT2D eigenvalue weighted by atomic mass is 10.2. The first-order chi connectivity index (χ1) is 6.45.